The third-order valence-corrected chi connectivity index (χ3v) is 8.47. The quantitative estimate of drug-likeness (QED) is 0.491. The smallest absolute Gasteiger partial charge is 0.313 e. The average molecular weight is 378 g/mol. The van der Waals surface area contributed by atoms with Crippen LogP contribution >= 0.6 is 7.14 Å². The molecular weight excluding hydrogens is 347 g/mol. The molecule has 4 nitrogen and oxygen atoms in total. The van der Waals surface area contributed by atoms with Gasteiger partial charge in [-0.3, -0.25) is 9.59 Å². The molecule has 0 bridgehead atoms. The van der Waals surface area contributed by atoms with Crippen molar-refractivity contribution in [2.75, 3.05) is 6.16 Å². The van der Waals surface area contributed by atoms with E-state index in [1.165, 1.54) is 0 Å². The molecule has 1 aromatic carbocycles. The third-order valence-electron chi connectivity index (χ3n) is 5.13. The Kier molecular flexibility index (Phi) is 6.85. The molecule has 1 aliphatic carbocycles. The van der Waals surface area contributed by atoms with Crippen LogP contribution in [0.3, 0.4) is 0 Å². The van der Waals surface area contributed by atoms with E-state index in [0.29, 0.717) is 5.56 Å². The number of hydrogen-bond acceptors (Lipinski definition) is 4. The first-order valence-electron chi connectivity index (χ1n) is 9.56. The van der Waals surface area contributed by atoms with Gasteiger partial charge in [-0.1, -0.05) is 37.0 Å². The Morgan fingerprint density at radius 3 is 2.12 bits per heavy atom. The molecular formula is C21H31O4P. The molecule has 0 heterocycles. The van der Waals surface area contributed by atoms with Gasteiger partial charge < -0.3 is 9.30 Å². The van der Waals surface area contributed by atoms with Crippen LogP contribution in [0.1, 0.15) is 73.0 Å². The fourth-order valence-electron chi connectivity index (χ4n) is 4.06. The highest BCUT2D eigenvalue weighted by atomic mass is 31.2. The van der Waals surface area contributed by atoms with Crippen molar-refractivity contribution in [1.82, 2.24) is 0 Å². The SMILES string of the molecule is Cc1cc(C)c(C(=O)P(=O)(CC(=O)OC(C)C)C2CCCCC2)c(C)c1. The van der Waals surface area contributed by atoms with Gasteiger partial charge in [0.2, 0.25) is 5.52 Å². The van der Waals surface area contributed by atoms with Gasteiger partial charge in [-0.05, 0) is 58.6 Å². The predicted molar refractivity (Wildman–Crippen MR) is 106 cm³/mol. The van der Waals surface area contributed by atoms with E-state index in [0.717, 1.165) is 48.8 Å². The van der Waals surface area contributed by atoms with Gasteiger partial charge in [0.1, 0.15) is 6.16 Å². The maximum atomic E-state index is 14.0. The standard InChI is InChI=1S/C21H31O4P/c1-14(2)25-19(22)13-26(24,18-9-7-6-8-10-18)21(23)20-16(4)11-15(3)12-17(20)5/h11-12,14,18H,6-10,13H2,1-5H3. The maximum Gasteiger partial charge on any atom is 0.313 e. The molecule has 0 saturated heterocycles. The van der Waals surface area contributed by atoms with Gasteiger partial charge in [-0.2, -0.15) is 0 Å². The molecule has 1 aliphatic rings. The highest BCUT2D eigenvalue weighted by molar-refractivity contribution is 7.82. The molecule has 0 amide bonds. The summed E-state index contributed by atoms with van der Waals surface area (Å²) in [5.41, 5.74) is 2.73. The molecule has 5 heteroatoms. The van der Waals surface area contributed by atoms with E-state index in [1.807, 2.05) is 32.9 Å². The summed E-state index contributed by atoms with van der Waals surface area (Å²) in [6, 6.07) is 3.88. The fraction of sp³-hybridized carbons (Fsp3) is 0.619. The summed E-state index contributed by atoms with van der Waals surface area (Å²) < 4.78 is 19.2. The molecule has 1 saturated carbocycles. The Morgan fingerprint density at radius 2 is 1.62 bits per heavy atom. The minimum absolute atomic E-state index is 0.205. The maximum absolute atomic E-state index is 14.0. The first-order valence-corrected chi connectivity index (χ1v) is 11.5. The van der Waals surface area contributed by atoms with Gasteiger partial charge in [0, 0.05) is 11.2 Å². The molecule has 1 unspecified atom stereocenters. The molecule has 26 heavy (non-hydrogen) atoms. The van der Waals surface area contributed by atoms with Crippen LogP contribution < -0.4 is 0 Å². The number of ether oxygens (including phenoxy) is 1. The lowest BCUT2D eigenvalue weighted by Crippen LogP contribution is -2.26. The summed E-state index contributed by atoms with van der Waals surface area (Å²) in [7, 11) is -3.40. The topological polar surface area (TPSA) is 60.4 Å². The molecule has 2 rings (SSSR count). The van der Waals surface area contributed by atoms with Crippen LogP contribution in [0.15, 0.2) is 12.1 Å². The Bertz CT molecular complexity index is 707. The molecule has 0 radical (unpaired) electrons. The highest BCUT2D eigenvalue weighted by Gasteiger charge is 2.44. The van der Waals surface area contributed by atoms with Gasteiger partial charge in [-0.25, -0.2) is 0 Å². The highest BCUT2D eigenvalue weighted by Crippen LogP contribution is 2.58. The monoisotopic (exact) mass is 378 g/mol. The lowest BCUT2D eigenvalue weighted by Gasteiger charge is -2.30. The van der Waals surface area contributed by atoms with Crippen LogP contribution in [-0.2, 0) is 14.1 Å². The second-order valence-electron chi connectivity index (χ2n) is 7.86. The van der Waals surface area contributed by atoms with Crippen LogP contribution in [0.2, 0.25) is 0 Å². The molecule has 0 spiro atoms. The number of benzene rings is 1. The minimum atomic E-state index is -3.40. The number of carbonyl (C=O) groups excluding carboxylic acids is 2. The lowest BCUT2D eigenvalue weighted by atomic mass is 10.0. The molecule has 0 aromatic heterocycles. The largest absolute Gasteiger partial charge is 0.463 e. The summed E-state index contributed by atoms with van der Waals surface area (Å²) in [6.45, 7) is 9.27. The van der Waals surface area contributed by atoms with Crippen molar-refractivity contribution in [3.05, 3.63) is 34.4 Å². The zero-order valence-corrected chi connectivity index (χ0v) is 17.5. The van der Waals surface area contributed by atoms with Crippen LogP contribution in [0.5, 0.6) is 0 Å². The van der Waals surface area contributed by atoms with Gasteiger partial charge >= 0.3 is 5.97 Å². The van der Waals surface area contributed by atoms with E-state index >= 15 is 0 Å². The van der Waals surface area contributed by atoms with Crippen molar-refractivity contribution in [2.24, 2.45) is 0 Å². The van der Waals surface area contributed by atoms with E-state index in [9.17, 15) is 14.2 Å². The Balaban J connectivity index is 2.44. The molecule has 1 fully saturated rings. The van der Waals surface area contributed by atoms with Crippen molar-refractivity contribution in [1.29, 1.82) is 0 Å². The van der Waals surface area contributed by atoms with Crippen molar-refractivity contribution in [2.45, 2.75) is 78.5 Å². The fourth-order valence-corrected chi connectivity index (χ4v) is 7.19. The average Bonchev–Trinajstić information content (AvgIpc) is 2.53. The normalized spacial score (nSPS) is 17.8. The second kappa shape index (κ2) is 8.52. The van der Waals surface area contributed by atoms with Crippen molar-refractivity contribution >= 4 is 18.6 Å². The van der Waals surface area contributed by atoms with Gasteiger partial charge in [0.15, 0.2) is 7.14 Å². The Labute approximate surface area is 157 Å². The van der Waals surface area contributed by atoms with Gasteiger partial charge in [-0.15, -0.1) is 0 Å². The minimum Gasteiger partial charge on any atom is -0.463 e. The van der Waals surface area contributed by atoms with E-state index in [-0.39, 0.29) is 23.4 Å². The summed E-state index contributed by atoms with van der Waals surface area (Å²) in [6.07, 6.45) is 3.98. The van der Waals surface area contributed by atoms with Crippen LogP contribution in [0.25, 0.3) is 0 Å². The summed E-state index contributed by atoms with van der Waals surface area (Å²) >= 11 is 0. The number of esters is 1. The summed E-state index contributed by atoms with van der Waals surface area (Å²) in [4.78, 5) is 25.8. The molecule has 1 aromatic rings. The van der Waals surface area contributed by atoms with E-state index in [1.54, 1.807) is 13.8 Å². The molecule has 144 valence electrons. The molecule has 1 atom stereocenters. The Morgan fingerprint density at radius 1 is 1.08 bits per heavy atom. The van der Waals surface area contributed by atoms with Gasteiger partial charge in [0.25, 0.3) is 0 Å². The number of hydrogen-bond donors (Lipinski definition) is 0. The first-order chi connectivity index (χ1) is 12.1. The summed E-state index contributed by atoms with van der Waals surface area (Å²) in [5.74, 6) is -0.523. The molecule has 0 N–H and O–H groups in total. The third kappa shape index (κ3) is 4.65. The van der Waals surface area contributed by atoms with Crippen molar-refractivity contribution < 1.29 is 18.9 Å². The van der Waals surface area contributed by atoms with E-state index < -0.39 is 13.1 Å². The lowest BCUT2D eigenvalue weighted by molar-refractivity contribution is -0.144. The first kappa shape index (κ1) is 20.9. The van der Waals surface area contributed by atoms with E-state index in [4.69, 9.17) is 4.74 Å². The zero-order chi connectivity index (χ0) is 19.5. The van der Waals surface area contributed by atoms with Crippen molar-refractivity contribution in [3.63, 3.8) is 0 Å². The van der Waals surface area contributed by atoms with Gasteiger partial charge in [0.05, 0.1) is 6.10 Å². The van der Waals surface area contributed by atoms with Crippen LogP contribution in [-0.4, -0.2) is 29.4 Å². The number of aryl methyl sites for hydroxylation is 3. The number of carbonyl (C=O) groups is 2. The number of rotatable bonds is 6. The summed E-state index contributed by atoms with van der Waals surface area (Å²) in [5, 5.41) is 0. The predicted octanol–water partition coefficient (Wildman–Crippen LogP) is 5.40. The van der Waals surface area contributed by atoms with Crippen LogP contribution in [0, 0.1) is 20.8 Å². The van der Waals surface area contributed by atoms with E-state index in [2.05, 4.69) is 0 Å². The van der Waals surface area contributed by atoms with Crippen LogP contribution in [0.4, 0.5) is 0 Å². The molecule has 0 aliphatic heterocycles. The van der Waals surface area contributed by atoms with Crippen molar-refractivity contribution in [3.8, 4) is 0 Å². The second-order valence-corrected chi connectivity index (χ2v) is 10.9. The zero-order valence-electron chi connectivity index (χ0n) is 16.6. The Hall–Kier alpha value is -1.41.